The van der Waals surface area contributed by atoms with E-state index >= 15 is 0 Å². The van der Waals surface area contributed by atoms with Crippen LogP contribution in [0.15, 0.2) is 0 Å². The lowest BCUT2D eigenvalue weighted by Gasteiger charge is -2.24. The Morgan fingerprint density at radius 1 is 1.29 bits per heavy atom. The highest BCUT2D eigenvalue weighted by molar-refractivity contribution is 4.96. The van der Waals surface area contributed by atoms with E-state index in [0.29, 0.717) is 5.41 Å². The second-order valence-corrected chi connectivity index (χ2v) is 5.16. The summed E-state index contributed by atoms with van der Waals surface area (Å²) in [7, 11) is 0. The molecule has 2 fully saturated rings. The molecular formula is C11H23N3. The van der Waals surface area contributed by atoms with Crippen molar-refractivity contribution in [2.45, 2.75) is 25.7 Å². The lowest BCUT2D eigenvalue weighted by Crippen LogP contribution is -2.30. The van der Waals surface area contributed by atoms with Crippen LogP contribution in [0.5, 0.6) is 0 Å². The summed E-state index contributed by atoms with van der Waals surface area (Å²) in [5.41, 5.74) is 12.0. The number of nitrogens with two attached hydrogens (primary N) is 2. The summed E-state index contributed by atoms with van der Waals surface area (Å²) < 4.78 is 0. The third kappa shape index (κ3) is 1.95. The maximum absolute atomic E-state index is 5.74. The Balaban J connectivity index is 1.87. The molecule has 3 heteroatoms. The van der Waals surface area contributed by atoms with Crippen LogP contribution < -0.4 is 11.5 Å². The summed E-state index contributed by atoms with van der Waals surface area (Å²) in [5.74, 6) is 0.799. The SMILES string of the molecule is NCCN1CCC2(CCC(CN)C2)C1. The number of hydrogen-bond acceptors (Lipinski definition) is 3. The summed E-state index contributed by atoms with van der Waals surface area (Å²) in [6.45, 7) is 5.30. The third-order valence-corrected chi connectivity index (χ3v) is 4.10. The van der Waals surface area contributed by atoms with Crippen molar-refractivity contribution >= 4 is 0 Å². The van der Waals surface area contributed by atoms with E-state index in [0.717, 1.165) is 25.6 Å². The van der Waals surface area contributed by atoms with Gasteiger partial charge in [0.1, 0.15) is 0 Å². The molecule has 0 aromatic rings. The van der Waals surface area contributed by atoms with Gasteiger partial charge in [-0.1, -0.05) is 0 Å². The lowest BCUT2D eigenvalue weighted by atomic mass is 9.84. The van der Waals surface area contributed by atoms with Gasteiger partial charge in [0.05, 0.1) is 0 Å². The molecule has 2 unspecified atom stereocenters. The van der Waals surface area contributed by atoms with Crippen LogP contribution in [0.3, 0.4) is 0 Å². The molecule has 0 bridgehead atoms. The molecule has 82 valence electrons. The quantitative estimate of drug-likeness (QED) is 0.688. The van der Waals surface area contributed by atoms with Crippen molar-refractivity contribution in [3.05, 3.63) is 0 Å². The Morgan fingerprint density at radius 3 is 2.79 bits per heavy atom. The molecular weight excluding hydrogens is 174 g/mol. The average molecular weight is 197 g/mol. The smallest absolute Gasteiger partial charge is 0.0105 e. The molecule has 0 radical (unpaired) electrons. The average Bonchev–Trinajstić information content (AvgIpc) is 2.76. The van der Waals surface area contributed by atoms with E-state index < -0.39 is 0 Å². The first-order chi connectivity index (χ1) is 6.78. The Hall–Kier alpha value is -0.120. The monoisotopic (exact) mass is 197 g/mol. The highest BCUT2D eigenvalue weighted by Crippen LogP contribution is 2.47. The summed E-state index contributed by atoms with van der Waals surface area (Å²) in [4.78, 5) is 2.53. The molecule has 0 aromatic heterocycles. The van der Waals surface area contributed by atoms with Crippen molar-refractivity contribution in [2.24, 2.45) is 22.8 Å². The van der Waals surface area contributed by atoms with E-state index in [4.69, 9.17) is 11.5 Å². The zero-order chi connectivity index (χ0) is 10.0. The van der Waals surface area contributed by atoms with Gasteiger partial charge in [0.15, 0.2) is 0 Å². The summed E-state index contributed by atoms with van der Waals surface area (Å²) >= 11 is 0. The van der Waals surface area contributed by atoms with Gasteiger partial charge in [0, 0.05) is 19.6 Å². The maximum Gasteiger partial charge on any atom is 0.0105 e. The number of hydrogen-bond donors (Lipinski definition) is 2. The zero-order valence-electron chi connectivity index (χ0n) is 9.04. The molecule has 0 aromatic carbocycles. The Labute approximate surface area is 86.8 Å². The molecule has 1 aliphatic heterocycles. The molecule has 2 rings (SSSR count). The van der Waals surface area contributed by atoms with Gasteiger partial charge >= 0.3 is 0 Å². The lowest BCUT2D eigenvalue weighted by molar-refractivity contribution is 0.258. The molecule has 0 amide bonds. The van der Waals surface area contributed by atoms with Crippen LogP contribution in [-0.2, 0) is 0 Å². The van der Waals surface area contributed by atoms with Crippen molar-refractivity contribution in [1.82, 2.24) is 4.90 Å². The summed E-state index contributed by atoms with van der Waals surface area (Å²) in [6, 6.07) is 0. The number of rotatable bonds is 3. The highest BCUT2D eigenvalue weighted by atomic mass is 15.2. The molecule has 2 atom stereocenters. The fraction of sp³-hybridized carbons (Fsp3) is 1.00. The number of likely N-dealkylation sites (tertiary alicyclic amines) is 1. The van der Waals surface area contributed by atoms with Crippen molar-refractivity contribution in [3.8, 4) is 0 Å². The van der Waals surface area contributed by atoms with E-state index in [1.54, 1.807) is 0 Å². The Bertz CT molecular complexity index is 195. The van der Waals surface area contributed by atoms with Crippen LogP contribution in [0.4, 0.5) is 0 Å². The summed E-state index contributed by atoms with van der Waals surface area (Å²) in [5, 5.41) is 0. The van der Waals surface area contributed by atoms with E-state index in [9.17, 15) is 0 Å². The van der Waals surface area contributed by atoms with Gasteiger partial charge < -0.3 is 16.4 Å². The molecule has 1 saturated carbocycles. The fourth-order valence-electron chi connectivity index (χ4n) is 3.30. The van der Waals surface area contributed by atoms with Gasteiger partial charge in [-0.05, 0) is 50.1 Å². The maximum atomic E-state index is 5.74. The minimum Gasteiger partial charge on any atom is -0.330 e. The zero-order valence-corrected chi connectivity index (χ0v) is 9.04. The second kappa shape index (κ2) is 4.17. The van der Waals surface area contributed by atoms with Crippen LogP contribution in [0.25, 0.3) is 0 Å². The molecule has 1 spiro atoms. The van der Waals surface area contributed by atoms with Crippen LogP contribution >= 0.6 is 0 Å². The predicted molar refractivity (Wildman–Crippen MR) is 58.9 cm³/mol. The molecule has 1 heterocycles. The van der Waals surface area contributed by atoms with Crippen LogP contribution in [0.2, 0.25) is 0 Å². The Morgan fingerprint density at radius 2 is 2.14 bits per heavy atom. The molecule has 1 aliphatic carbocycles. The normalized spacial score (nSPS) is 38.6. The summed E-state index contributed by atoms with van der Waals surface area (Å²) in [6.07, 6.45) is 5.50. The molecule has 2 aliphatic rings. The Kier molecular flexibility index (Phi) is 3.10. The molecule has 14 heavy (non-hydrogen) atoms. The third-order valence-electron chi connectivity index (χ3n) is 4.10. The first kappa shape index (κ1) is 10.4. The van der Waals surface area contributed by atoms with Gasteiger partial charge in [-0.2, -0.15) is 0 Å². The van der Waals surface area contributed by atoms with Gasteiger partial charge in [0.2, 0.25) is 0 Å². The molecule has 3 nitrogen and oxygen atoms in total. The largest absolute Gasteiger partial charge is 0.330 e. The van der Waals surface area contributed by atoms with Gasteiger partial charge in [-0.15, -0.1) is 0 Å². The molecule has 4 N–H and O–H groups in total. The highest BCUT2D eigenvalue weighted by Gasteiger charge is 2.43. The van der Waals surface area contributed by atoms with E-state index in [2.05, 4.69) is 4.90 Å². The van der Waals surface area contributed by atoms with Crippen LogP contribution in [0.1, 0.15) is 25.7 Å². The van der Waals surface area contributed by atoms with Crippen molar-refractivity contribution in [3.63, 3.8) is 0 Å². The van der Waals surface area contributed by atoms with E-state index in [1.807, 2.05) is 0 Å². The van der Waals surface area contributed by atoms with E-state index in [1.165, 1.54) is 38.8 Å². The fourth-order valence-corrected chi connectivity index (χ4v) is 3.30. The van der Waals surface area contributed by atoms with E-state index in [-0.39, 0.29) is 0 Å². The first-order valence-electron chi connectivity index (χ1n) is 5.90. The van der Waals surface area contributed by atoms with Crippen molar-refractivity contribution in [2.75, 3.05) is 32.7 Å². The minimum atomic E-state index is 0.624. The standard InChI is InChI=1S/C11H23N3/c12-4-6-14-5-3-11(9-14)2-1-10(7-11)8-13/h10H,1-9,12-13H2. The second-order valence-electron chi connectivity index (χ2n) is 5.16. The topological polar surface area (TPSA) is 55.3 Å². The molecule has 1 saturated heterocycles. The predicted octanol–water partition coefficient (Wildman–Crippen LogP) is 0.396. The first-order valence-corrected chi connectivity index (χ1v) is 5.90. The van der Waals surface area contributed by atoms with Crippen molar-refractivity contribution in [1.29, 1.82) is 0 Å². The number of nitrogens with zero attached hydrogens (tertiary/aromatic N) is 1. The van der Waals surface area contributed by atoms with Crippen LogP contribution in [-0.4, -0.2) is 37.6 Å². The van der Waals surface area contributed by atoms with Gasteiger partial charge in [0.25, 0.3) is 0 Å². The van der Waals surface area contributed by atoms with Crippen molar-refractivity contribution < 1.29 is 0 Å². The van der Waals surface area contributed by atoms with Crippen LogP contribution in [0, 0.1) is 11.3 Å². The van der Waals surface area contributed by atoms with Gasteiger partial charge in [-0.3, -0.25) is 0 Å². The minimum absolute atomic E-state index is 0.624. The van der Waals surface area contributed by atoms with Gasteiger partial charge in [-0.25, -0.2) is 0 Å².